The van der Waals surface area contributed by atoms with Crippen LogP contribution in [0.2, 0.25) is 0 Å². The van der Waals surface area contributed by atoms with Crippen molar-refractivity contribution in [2.24, 2.45) is 27.5 Å². The van der Waals surface area contributed by atoms with Gasteiger partial charge in [0.05, 0.1) is 0 Å². The third kappa shape index (κ3) is 1.66. The van der Waals surface area contributed by atoms with Gasteiger partial charge >= 0.3 is 0 Å². The third-order valence-electron chi connectivity index (χ3n) is 1.24. The molecule has 0 radical (unpaired) electrons. The molecule has 0 fully saturated rings. The average Bonchev–Trinajstić information content (AvgIpc) is 2.16. The van der Waals surface area contributed by atoms with Gasteiger partial charge < -0.3 is 0 Å². The average molecular weight is 173 g/mol. The first-order chi connectivity index (χ1) is 5.81. The predicted molar refractivity (Wildman–Crippen MR) is 43.5 cm³/mol. The molecule has 0 aliphatic carbocycles. The highest BCUT2D eigenvalue weighted by atomic mass is 15.7. The highest BCUT2D eigenvalue weighted by Gasteiger charge is 2.16. The second-order valence-electron chi connectivity index (χ2n) is 1.92. The molecule has 1 atom stereocenters. The van der Waals surface area contributed by atoms with Crippen LogP contribution in [0.3, 0.4) is 0 Å². The standard InChI is InChI=1S/C3H11N9/c4-9-2-7-1-12(11-6)3(8-2)10-5/h1,3,10-11H,4-6H2,(H,8,9). The van der Waals surface area contributed by atoms with Gasteiger partial charge in [0.15, 0.2) is 0 Å². The molecule has 0 bridgehead atoms. The number of rotatable bonds is 2. The number of aliphatic imine (C=N–C) groups is 2. The monoisotopic (exact) mass is 173 g/mol. The van der Waals surface area contributed by atoms with Crippen LogP contribution < -0.4 is 33.9 Å². The smallest absolute Gasteiger partial charge is 0.237 e. The van der Waals surface area contributed by atoms with Crippen LogP contribution in [0, 0.1) is 0 Å². The van der Waals surface area contributed by atoms with E-state index in [1.807, 2.05) is 0 Å². The van der Waals surface area contributed by atoms with Crippen LogP contribution in [-0.2, 0) is 0 Å². The van der Waals surface area contributed by atoms with E-state index >= 15 is 0 Å². The van der Waals surface area contributed by atoms with Crippen molar-refractivity contribution in [3.05, 3.63) is 0 Å². The van der Waals surface area contributed by atoms with E-state index < -0.39 is 6.29 Å². The lowest BCUT2D eigenvalue weighted by atomic mass is 10.7. The normalized spacial score (nSPS) is 22.4. The molecule has 0 aromatic carbocycles. The van der Waals surface area contributed by atoms with Gasteiger partial charge in [0.2, 0.25) is 12.2 Å². The Hall–Kier alpha value is -1.26. The van der Waals surface area contributed by atoms with Gasteiger partial charge in [-0.15, -0.1) is 0 Å². The summed E-state index contributed by atoms with van der Waals surface area (Å²) < 4.78 is 0. The molecule has 1 rings (SSSR count). The van der Waals surface area contributed by atoms with E-state index in [0.29, 0.717) is 0 Å². The van der Waals surface area contributed by atoms with Crippen molar-refractivity contribution in [3.63, 3.8) is 0 Å². The number of nitrogens with zero attached hydrogens (tertiary/aromatic N) is 3. The zero-order chi connectivity index (χ0) is 8.97. The lowest BCUT2D eigenvalue weighted by Gasteiger charge is -2.26. The van der Waals surface area contributed by atoms with Crippen LogP contribution >= 0.6 is 0 Å². The molecular weight excluding hydrogens is 162 g/mol. The lowest BCUT2D eigenvalue weighted by Crippen LogP contribution is -2.58. The van der Waals surface area contributed by atoms with E-state index in [0.717, 1.165) is 0 Å². The van der Waals surface area contributed by atoms with E-state index in [9.17, 15) is 0 Å². The maximum absolute atomic E-state index is 5.16. The molecule has 1 heterocycles. The number of hydrazine groups is 4. The number of hydrogen-bond donors (Lipinski definition) is 6. The Kier molecular flexibility index (Phi) is 2.90. The van der Waals surface area contributed by atoms with E-state index in [1.165, 1.54) is 11.3 Å². The summed E-state index contributed by atoms with van der Waals surface area (Å²) in [7, 11) is 0. The number of guanidine groups is 1. The summed E-state index contributed by atoms with van der Waals surface area (Å²) in [6.45, 7) is 0. The van der Waals surface area contributed by atoms with Crippen molar-refractivity contribution < 1.29 is 0 Å². The summed E-state index contributed by atoms with van der Waals surface area (Å²) in [5.41, 5.74) is 6.97. The van der Waals surface area contributed by atoms with Crippen molar-refractivity contribution >= 4 is 12.3 Å². The van der Waals surface area contributed by atoms with Crippen LogP contribution in [0.15, 0.2) is 9.98 Å². The Labute approximate surface area is 68.6 Å². The third-order valence-corrected chi connectivity index (χ3v) is 1.24. The molecule has 0 saturated carbocycles. The Bertz CT molecular complexity index is 196. The van der Waals surface area contributed by atoms with Gasteiger partial charge in [-0.1, -0.05) is 0 Å². The second kappa shape index (κ2) is 3.94. The molecule has 0 spiro atoms. The highest BCUT2D eigenvalue weighted by molar-refractivity contribution is 5.88. The van der Waals surface area contributed by atoms with Crippen molar-refractivity contribution in [3.8, 4) is 0 Å². The van der Waals surface area contributed by atoms with E-state index in [-0.39, 0.29) is 5.96 Å². The molecule has 12 heavy (non-hydrogen) atoms. The Morgan fingerprint density at radius 2 is 2.17 bits per heavy atom. The van der Waals surface area contributed by atoms with Crippen molar-refractivity contribution in [2.75, 3.05) is 0 Å². The lowest BCUT2D eigenvalue weighted by molar-refractivity contribution is 0.206. The van der Waals surface area contributed by atoms with E-state index in [2.05, 4.69) is 26.4 Å². The maximum atomic E-state index is 5.16. The summed E-state index contributed by atoms with van der Waals surface area (Å²) in [4.78, 5) is 7.68. The Morgan fingerprint density at radius 1 is 1.42 bits per heavy atom. The minimum Gasteiger partial charge on any atom is -0.292 e. The molecule has 0 aromatic heterocycles. The first-order valence-corrected chi connectivity index (χ1v) is 3.11. The molecule has 9 N–H and O–H groups in total. The molecule has 1 aliphatic rings. The summed E-state index contributed by atoms with van der Waals surface area (Å²) >= 11 is 0. The quantitative estimate of drug-likeness (QED) is 0.186. The van der Waals surface area contributed by atoms with Gasteiger partial charge in [0.25, 0.3) is 0 Å². The summed E-state index contributed by atoms with van der Waals surface area (Å²) in [6.07, 6.45) is 0.866. The van der Waals surface area contributed by atoms with Gasteiger partial charge in [-0.2, -0.15) is 5.53 Å². The Balaban J connectivity index is 2.67. The second-order valence-corrected chi connectivity index (χ2v) is 1.92. The van der Waals surface area contributed by atoms with E-state index in [1.54, 1.807) is 0 Å². The van der Waals surface area contributed by atoms with Crippen LogP contribution in [0.25, 0.3) is 0 Å². The summed E-state index contributed by atoms with van der Waals surface area (Å²) in [6, 6.07) is 0. The van der Waals surface area contributed by atoms with Gasteiger partial charge in [-0.05, 0) is 0 Å². The minimum atomic E-state index is -0.529. The SMILES string of the molecule is NNC1=NC(NN)N(NN)C=N1. The highest BCUT2D eigenvalue weighted by Crippen LogP contribution is 1.95. The van der Waals surface area contributed by atoms with Crippen molar-refractivity contribution in [1.29, 1.82) is 0 Å². The maximum Gasteiger partial charge on any atom is 0.237 e. The molecule has 0 aromatic rings. The number of hydrogen-bond acceptors (Lipinski definition) is 9. The fraction of sp³-hybridized carbons (Fsp3) is 0.333. The minimum absolute atomic E-state index is 0.268. The zero-order valence-electron chi connectivity index (χ0n) is 6.23. The summed E-state index contributed by atoms with van der Waals surface area (Å²) in [5.74, 6) is 15.6. The van der Waals surface area contributed by atoms with Crippen LogP contribution in [-0.4, -0.2) is 23.6 Å². The van der Waals surface area contributed by atoms with Crippen molar-refractivity contribution in [1.82, 2.24) is 21.4 Å². The molecule has 9 heteroatoms. The molecular formula is C3H11N9. The molecule has 68 valence electrons. The first-order valence-electron chi connectivity index (χ1n) is 3.11. The number of nitrogens with one attached hydrogen (secondary N) is 3. The first kappa shape index (κ1) is 8.83. The van der Waals surface area contributed by atoms with Gasteiger partial charge in [0, 0.05) is 0 Å². The van der Waals surface area contributed by atoms with Crippen LogP contribution in [0.4, 0.5) is 0 Å². The Morgan fingerprint density at radius 3 is 2.67 bits per heavy atom. The molecule has 1 aliphatic heterocycles. The predicted octanol–water partition coefficient (Wildman–Crippen LogP) is -3.73. The number of nitrogens with two attached hydrogens (primary N) is 3. The topological polar surface area (TPSA) is 142 Å². The molecule has 0 saturated heterocycles. The summed E-state index contributed by atoms with van der Waals surface area (Å²) in [5, 5.41) is 1.36. The fourth-order valence-corrected chi connectivity index (χ4v) is 0.687. The van der Waals surface area contributed by atoms with Gasteiger partial charge in [-0.3, -0.25) is 17.1 Å². The van der Waals surface area contributed by atoms with Gasteiger partial charge in [0.1, 0.15) is 6.34 Å². The largest absolute Gasteiger partial charge is 0.292 e. The molecule has 1 unspecified atom stereocenters. The van der Waals surface area contributed by atoms with Gasteiger partial charge in [-0.25, -0.2) is 26.3 Å². The van der Waals surface area contributed by atoms with E-state index in [4.69, 9.17) is 17.5 Å². The van der Waals surface area contributed by atoms with Crippen LogP contribution in [0.5, 0.6) is 0 Å². The zero-order valence-corrected chi connectivity index (χ0v) is 6.23. The van der Waals surface area contributed by atoms with Crippen LogP contribution in [0.1, 0.15) is 0 Å². The molecule has 9 nitrogen and oxygen atoms in total. The molecule has 0 amide bonds. The fourth-order valence-electron chi connectivity index (χ4n) is 0.687. The van der Waals surface area contributed by atoms with Crippen molar-refractivity contribution in [2.45, 2.75) is 6.29 Å².